The summed E-state index contributed by atoms with van der Waals surface area (Å²) >= 11 is 12.1. The van der Waals surface area contributed by atoms with Crippen LogP contribution < -0.4 is 10.6 Å². The molecule has 1 aliphatic carbocycles. The average Bonchev–Trinajstić information content (AvgIpc) is 3.62. The molecule has 1 heterocycles. The summed E-state index contributed by atoms with van der Waals surface area (Å²) in [4.78, 5) is 41.4. The number of aliphatic imine (C=N–C) groups is 1. The number of Topliss-reactive ketones (excluding diaryl/α,β-unsaturated/α-hetero) is 1. The Morgan fingerprint density at radius 1 is 1.08 bits per heavy atom. The topological polar surface area (TPSA) is 148 Å². The number of amidine groups is 1. The first-order valence-corrected chi connectivity index (χ1v) is 14.4. The van der Waals surface area contributed by atoms with Crippen molar-refractivity contribution in [1.82, 2.24) is 19.8 Å². The minimum Gasteiger partial charge on any atom is -0.465 e. The van der Waals surface area contributed by atoms with E-state index in [4.69, 9.17) is 23.2 Å². The summed E-state index contributed by atoms with van der Waals surface area (Å²) in [5.41, 5.74) is 1.57. The number of hydrogen-bond donors (Lipinski definition) is 3. The maximum absolute atomic E-state index is 13.2. The van der Waals surface area contributed by atoms with Gasteiger partial charge in [0.2, 0.25) is 15.9 Å². The SMILES string of the molecule is O=C(CNCc1ccc(C2=NCCN2C(=O)O)cc1)CNC(=O)CN(C1CC1)S(=O)(=O)c1cccc(Cl)c1Cl. The van der Waals surface area contributed by atoms with Gasteiger partial charge in [-0.1, -0.05) is 53.5 Å². The van der Waals surface area contributed by atoms with Gasteiger partial charge in [-0.3, -0.25) is 19.5 Å². The Morgan fingerprint density at radius 3 is 2.46 bits per heavy atom. The highest BCUT2D eigenvalue weighted by molar-refractivity contribution is 7.89. The Bertz CT molecular complexity index is 1400. The van der Waals surface area contributed by atoms with Gasteiger partial charge in [-0.05, 0) is 30.5 Å². The van der Waals surface area contributed by atoms with E-state index < -0.39 is 28.6 Å². The van der Waals surface area contributed by atoms with Crippen molar-refractivity contribution < 1.29 is 27.9 Å². The van der Waals surface area contributed by atoms with Gasteiger partial charge in [-0.2, -0.15) is 4.31 Å². The van der Waals surface area contributed by atoms with Crippen molar-refractivity contribution in [3.05, 3.63) is 63.6 Å². The van der Waals surface area contributed by atoms with Crippen molar-refractivity contribution in [1.29, 1.82) is 0 Å². The molecule has 0 aromatic heterocycles. The van der Waals surface area contributed by atoms with Gasteiger partial charge < -0.3 is 15.7 Å². The molecule has 0 bridgehead atoms. The van der Waals surface area contributed by atoms with Crippen LogP contribution in [0.4, 0.5) is 4.79 Å². The van der Waals surface area contributed by atoms with E-state index in [-0.39, 0.29) is 39.9 Å². The molecule has 0 atom stereocenters. The number of rotatable bonds is 12. The lowest BCUT2D eigenvalue weighted by molar-refractivity contribution is -0.125. The normalized spacial score (nSPS) is 15.4. The van der Waals surface area contributed by atoms with Crippen molar-refractivity contribution in [2.45, 2.75) is 30.3 Å². The number of nitrogens with zero attached hydrogens (tertiary/aromatic N) is 3. The fourth-order valence-corrected chi connectivity index (χ4v) is 6.42. The Balaban J connectivity index is 1.23. The maximum atomic E-state index is 13.2. The second kappa shape index (κ2) is 12.4. The molecule has 1 fully saturated rings. The zero-order valence-electron chi connectivity index (χ0n) is 20.8. The lowest BCUT2D eigenvalue weighted by atomic mass is 10.1. The average molecular weight is 596 g/mol. The second-order valence-corrected chi connectivity index (χ2v) is 11.7. The molecule has 3 N–H and O–H groups in total. The fourth-order valence-electron chi connectivity index (χ4n) is 4.04. The van der Waals surface area contributed by atoms with Gasteiger partial charge in [-0.25, -0.2) is 13.2 Å². The van der Waals surface area contributed by atoms with Crippen molar-refractivity contribution >= 4 is 56.8 Å². The summed E-state index contributed by atoms with van der Waals surface area (Å²) in [7, 11) is -4.07. The molecule has 208 valence electrons. The number of benzene rings is 2. The summed E-state index contributed by atoms with van der Waals surface area (Å²) in [6.45, 7) is 0.429. The van der Waals surface area contributed by atoms with Gasteiger partial charge >= 0.3 is 6.09 Å². The number of halogens is 2. The number of carboxylic acid groups (broad SMARTS) is 1. The van der Waals surface area contributed by atoms with Crippen LogP contribution in [0.3, 0.4) is 0 Å². The van der Waals surface area contributed by atoms with E-state index in [1.54, 1.807) is 12.1 Å². The third-order valence-corrected chi connectivity index (χ3v) is 9.05. The van der Waals surface area contributed by atoms with Gasteiger partial charge in [0, 0.05) is 18.2 Å². The zero-order valence-corrected chi connectivity index (χ0v) is 23.1. The summed E-state index contributed by atoms with van der Waals surface area (Å²) in [5, 5.41) is 14.7. The van der Waals surface area contributed by atoms with Gasteiger partial charge in [0.15, 0.2) is 5.78 Å². The summed E-state index contributed by atoms with van der Waals surface area (Å²) in [6.07, 6.45) is 0.205. The molecule has 0 radical (unpaired) electrons. The van der Waals surface area contributed by atoms with Crippen molar-refractivity contribution in [3.63, 3.8) is 0 Å². The second-order valence-electron chi connectivity index (χ2n) is 9.09. The minimum atomic E-state index is -4.07. The fraction of sp³-hybridized carbons (Fsp3) is 0.360. The molecule has 0 saturated heterocycles. The third kappa shape index (κ3) is 7.14. The highest BCUT2D eigenvalue weighted by Gasteiger charge is 2.40. The van der Waals surface area contributed by atoms with Crippen LogP contribution in [0.5, 0.6) is 0 Å². The molecule has 0 unspecified atom stereocenters. The largest absolute Gasteiger partial charge is 0.465 e. The molecule has 2 aliphatic rings. The maximum Gasteiger partial charge on any atom is 0.413 e. The molecule has 14 heteroatoms. The molecule has 39 heavy (non-hydrogen) atoms. The molecule has 2 aromatic rings. The Morgan fingerprint density at radius 2 is 1.79 bits per heavy atom. The number of carbonyl (C=O) groups is 3. The van der Waals surface area contributed by atoms with E-state index in [1.807, 2.05) is 12.1 Å². The number of sulfonamides is 1. The number of hydrogen-bond acceptors (Lipinski definition) is 7. The van der Waals surface area contributed by atoms with E-state index in [2.05, 4.69) is 15.6 Å². The molecule has 1 aliphatic heterocycles. The first-order chi connectivity index (χ1) is 18.6. The third-order valence-electron chi connectivity index (χ3n) is 6.17. The van der Waals surface area contributed by atoms with Crippen LogP contribution in [0.25, 0.3) is 0 Å². The first kappa shape index (κ1) is 29.0. The number of carbonyl (C=O) groups excluding carboxylic acids is 2. The summed E-state index contributed by atoms with van der Waals surface area (Å²) in [6, 6.07) is 11.2. The van der Waals surface area contributed by atoms with Crippen LogP contribution in [-0.2, 0) is 26.2 Å². The van der Waals surface area contributed by atoms with Crippen molar-refractivity contribution in [2.24, 2.45) is 4.99 Å². The van der Waals surface area contributed by atoms with Crippen LogP contribution in [0.15, 0.2) is 52.4 Å². The Kier molecular flexibility index (Phi) is 9.23. The highest BCUT2D eigenvalue weighted by Crippen LogP contribution is 2.36. The van der Waals surface area contributed by atoms with Crippen molar-refractivity contribution in [3.8, 4) is 0 Å². The molecular weight excluding hydrogens is 569 g/mol. The molecule has 4 rings (SSSR count). The van der Waals surface area contributed by atoms with Gasteiger partial charge in [0.05, 0.1) is 42.8 Å². The minimum absolute atomic E-state index is 0.00963. The smallest absolute Gasteiger partial charge is 0.413 e. The number of amides is 2. The van der Waals surface area contributed by atoms with E-state index in [1.165, 1.54) is 23.1 Å². The van der Waals surface area contributed by atoms with Gasteiger partial charge in [0.25, 0.3) is 0 Å². The Hall–Kier alpha value is -3.03. The van der Waals surface area contributed by atoms with Crippen LogP contribution >= 0.6 is 23.2 Å². The van der Waals surface area contributed by atoms with Gasteiger partial charge in [0.1, 0.15) is 10.7 Å². The monoisotopic (exact) mass is 595 g/mol. The molecule has 11 nitrogen and oxygen atoms in total. The lowest BCUT2D eigenvalue weighted by Crippen LogP contribution is -2.44. The molecule has 0 spiro atoms. The summed E-state index contributed by atoms with van der Waals surface area (Å²) in [5.74, 6) is -0.467. The predicted molar refractivity (Wildman–Crippen MR) is 146 cm³/mol. The Labute approximate surface area is 235 Å². The standard InChI is InChI=1S/C25H27Cl2N5O6S/c26-20-2-1-3-21(23(20)27)39(37,38)32(18-8-9-18)15-22(34)30-14-19(33)13-28-12-16-4-6-17(7-5-16)24-29-10-11-31(24)25(35)36/h1-7,18,28H,8-15H2,(H,30,34)(H,35,36). The van der Waals surface area contributed by atoms with E-state index >= 15 is 0 Å². The zero-order chi connectivity index (χ0) is 28.2. The first-order valence-electron chi connectivity index (χ1n) is 12.2. The summed E-state index contributed by atoms with van der Waals surface area (Å²) < 4.78 is 27.4. The molecule has 2 amide bonds. The van der Waals surface area contributed by atoms with E-state index in [0.29, 0.717) is 43.9 Å². The van der Waals surface area contributed by atoms with Crippen LogP contribution in [0, 0.1) is 0 Å². The molecule has 2 aromatic carbocycles. The number of ketones is 1. The number of nitrogens with one attached hydrogen (secondary N) is 2. The molecular formula is C25H27Cl2N5O6S. The quantitative estimate of drug-likeness (QED) is 0.341. The van der Waals surface area contributed by atoms with E-state index in [0.717, 1.165) is 9.87 Å². The lowest BCUT2D eigenvalue weighted by Gasteiger charge is -2.22. The van der Waals surface area contributed by atoms with Crippen LogP contribution in [0.1, 0.15) is 24.0 Å². The van der Waals surface area contributed by atoms with Crippen LogP contribution in [0.2, 0.25) is 10.0 Å². The van der Waals surface area contributed by atoms with Gasteiger partial charge in [-0.15, -0.1) is 0 Å². The van der Waals surface area contributed by atoms with Crippen LogP contribution in [-0.4, -0.2) is 85.1 Å². The predicted octanol–water partition coefficient (Wildman–Crippen LogP) is 2.36. The highest BCUT2D eigenvalue weighted by atomic mass is 35.5. The molecule has 1 saturated carbocycles. The van der Waals surface area contributed by atoms with E-state index in [9.17, 15) is 27.9 Å². The van der Waals surface area contributed by atoms with Crippen molar-refractivity contribution in [2.75, 3.05) is 32.7 Å².